The zero-order chi connectivity index (χ0) is 22.0. The minimum Gasteiger partial charge on any atom is -0.507 e. The number of aliphatic hydroxyl groups excluding tert-OH is 1. The zero-order valence-corrected chi connectivity index (χ0v) is 17.7. The topological polar surface area (TPSA) is 89.0 Å². The molecule has 0 radical (unpaired) electrons. The molecule has 4 rings (SSSR count). The maximum Gasteiger partial charge on any atom is 0.295 e. The second kappa shape index (κ2) is 8.79. The smallest absolute Gasteiger partial charge is 0.295 e. The first kappa shape index (κ1) is 20.9. The summed E-state index contributed by atoms with van der Waals surface area (Å²) in [6.07, 6.45) is 6.44. The number of pyridine rings is 1. The van der Waals surface area contributed by atoms with Gasteiger partial charge in [-0.15, -0.1) is 0 Å². The Morgan fingerprint density at radius 2 is 1.84 bits per heavy atom. The first-order chi connectivity index (χ1) is 15.1. The Kier molecular flexibility index (Phi) is 5.93. The molecule has 1 saturated carbocycles. The number of aliphatic hydroxyl groups is 1. The number of likely N-dealkylation sites (tertiary alicyclic amines) is 1. The second-order valence-corrected chi connectivity index (χ2v) is 7.82. The standard InChI is InChI=1S/C24H26N2O5/c1-30-16-11-12-17(19(14-16)31-2)22(27)20-21(18-10-6-7-13-25-18)26(24(29)23(20)28)15-8-4-3-5-9-15/h6-7,10-15,21,27H,3-5,8-9H2,1-2H3/b22-20-. The van der Waals surface area contributed by atoms with Gasteiger partial charge in [-0.2, -0.15) is 0 Å². The number of hydrogen-bond donors (Lipinski definition) is 1. The van der Waals surface area contributed by atoms with E-state index in [0.717, 1.165) is 32.1 Å². The molecule has 2 heterocycles. The number of carbonyl (C=O) groups excluding carboxylic acids is 2. The van der Waals surface area contributed by atoms with E-state index in [0.29, 0.717) is 22.8 Å². The molecular formula is C24H26N2O5. The highest BCUT2D eigenvalue weighted by atomic mass is 16.5. The van der Waals surface area contributed by atoms with E-state index >= 15 is 0 Å². The van der Waals surface area contributed by atoms with Crippen LogP contribution in [0.4, 0.5) is 0 Å². The fourth-order valence-electron chi connectivity index (χ4n) is 4.55. The van der Waals surface area contributed by atoms with Gasteiger partial charge >= 0.3 is 0 Å². The molecule has 1 aliphatic heterocycles. The van der Waals surface area contributed by atoms with Crippen LogP contribution in [0.25, 0.3) is 5.76 Å². The zero-order valence-electron chi connectivity index (χ0n) is 17.7. The molecule has 1 unspecified atom stereocenters. The molecule has 1 aromatic carbocycles. The molecule has 1 saturated heterocycles. The van der Waals surface area contributed by atoms with E-state index in [4.69, 9.17) is 9.47 Å². The third-order valence-electron chi connectivity index (χ3n) is 6.08. The van der Waals surface area contributed by atoms with Crippen LogP contribution in [0.2, 0.25) is 0 Å². The number of ether oxygens (including phenoxy) is 2. The minimum atomic E-state index is -0.740. The lowest BCUT2D eigenvalue weighted by atomic mass is 9.92. The number of hydrogen-bond acceptors (Lipinski definition) is 6. The van der Waals surface area contributed by atoms with Gasteiger partial charge in [0, 0.05) is 18.3 Å². The molecule has 2 fully saturated rings. The van der Waals surface area contributed by atoms with E-state index in [1.54, 1.807) is 41.4 Å². The van der Waals surface area contributed by atoms with Crippen LogP contribution in [0.5, 0.6) is 11.5 Å². The van der Waals surface area contributed by atoms with Crippen molar-refractivity contribution in [3.8, 4) is 11.5 Å². The van der Waals surface area contributed by atoms with Gasteiger partial charge in [0.15, 0.2) is 0 Å². The van der Waals surface area contributed by atoms with Gasteiger partial charge in [-0.1, -0.05) is 25.3 Å². The van der Waals surface area contributed by atoms with Crippen molar-refractivity contribution in [2.24, 2.45) is 0 Å². The Labute approximate surface area is 181 Å². The Morgan fingerprint density at radius 1 is 1.06 bits per heavy atom. The highest BCUT2D eigenvalue weighted by Gasteiger charge is 2.49. The van der Waals surface area contributed by atoms with Gasteiger partial charge in [0.2, 0.25) is 0 Å². The van der Waals surface area contributed by atoms with Gasteiger partial charge in [-0.25, -0.2) is 0 Å². The molecule has 2 aromatic rings. The molecule has 1 N–H and O–H groups in total. The van der Waals surface area contributed by atoms with Crippen molar-refractivity contribution >= 4 is 17.4 Å². The number of aromatic nitrogens is 1. The van der Waals surface area contributed by atoms with Gasteiger partial charge in [0.1, 0.15) is 23.3 Å². The van der Waals surface area contributed by atoms with Gasteiger partial charge in [-0.05, 0) is 37.1 Å². The van der Waals surface area contributed by atoms with Crippen LogP contribution in [0, 0.1) is 0 Å². The van der Waals surface area contributed by atoms with E-state index < -0.39 is 17.7 Å². The van der Waals surface area contributed by atoms with Gasteiger partial charge in [-0.3, -0.25) is 14.6 Å². The van der Waals surface area contributed by atoms with Gasteiger partial charge in [0.25, 0.3) is 11.7 Å². The number of Topliss-reactive ketones (excluding diaryl/α,β-unsaturated/α-hetero) is 1. The van der Waals surface area contributed by atoms with Crippen LogP contribution in [-0.2, 0) is 9.59 Å². The highest BCUT2D eigenvalue weighted by Crippen LogP contribution is 2.43. The molecule has 1 amide bonds. The first-order valence-electron chi connectivity index (χ1n) is 10.5. The number of amides is 1. The molecule has 162 valence electrons. The number of methoxy groups -OCH3 is 2. The van der Waals surface area contributed by atoms with Crippen LogP contribution in [0.1, 0.15) is 49.4 Å². The predicted octanol–water partition coefficient (Wildman–Crippen LogP) is 3.85. The van der Waals surface area contributed by atoms with Crippen LogP contribution in [0.15, 0.2) is 48.2 Å². The molecule has 2 aliphatic rings. The summed E-state index contributed by atoms with van der Waals surface area (Å²) in [5.74, 6) is -0.655. The van der Waals surface area contributed by atoms with Gasteiger partial charge < -0.3 is 19.5 Å². The fraction of sp³-hybridized carbons (Fsp3) is 0.375. The Balaban J connectivity index is 1.88. The van der Waals surface area contributed by atoms with E-state index in [9.17, 15) is 14.7 Å². The van der Waals surface area contributed by atoms with Crippen molar-refractivity contribution < 1.29 is 24.2 Å². The average Bonchev–Trinajstić information content (AvgIpc) is 3.09. The van der Waals surface area contributed by atoms with Crippen molar-refractivity contribution in [2.75, 3.05) is 14.2 Å². The first-order valence-corrected chi connectivity index (χ1v) is 10.5. The number of benzene rings is 1. The maximum atomic E-state index is 13.2. The fourth-order valence-corrected chi connectivity index (χ4v) is 4.55. The highest BCUT2D eigenvalue weighted by molar-refractivity contribution is 6.46. The normalized spacial score (nSPS) is 21.4. The summed E-state index contributed by atoms with van der Waals surface area (Å²) in [7, 11) is 3.01. The SMILES string of the molecule is COc1ccc(/C(O)=C2/C(=O)C(=O)N(C3CCCCC3)C2c2ccccn2)c(OC)c1. The minimum absolute atomic E-state index is 0.0396. The third-order valence-corrected chi connectivity index (χ3v) is 6.08. The summed E-state index contributed by atoms with van der Waals surface area (Å²) in [6, 6.07) is 9.50. The van der Waals surface area contributed by atoms with Crippen molar-refractivity contribution in [1.82, 2.24) is 9.88 Å². The molecule has 1 atom stereocenters. The van der Waals surface area contributed by atoms with Gasteiger partial charge in [0.05, 0.1) is 31.1 Å². The number of rotatable bonds is 5. The molecular weight excluding hydrogens is 396 g/mol. The third kappa shape index (κ3) is 3.76. The molecule has 7 heteroatoms. The molecule has 0 bridgehead atoms. The average molecular weight is 422 g/mol. The maximum absolute atomic E-state index is 13.2. The Hall–Kier alpha value is -3.35. The van der Waals surface area contributed by atoms with Crippen LogP contribution >= 0.6 is 0 Å². The van der Waals surface area contributed by atoms with Crippen molar-refractivity contribution in [1.29, 1.82) is 0 Å². The van der Waals surface area contributed by atoms with E-state index in [-0.39, 0.29) is 17.4 Å². The molecule has 7 nitrogen and oxygen atoms in total. The van der Waals surface area contributed by atoms with Crippen molar-refractivity contribution in [3.63, 3.8) is 0 Å². The van der Waals surface area contributed by atoms with E-state index in [2.05, 4.69) is 4.98 Å². The quantitative estimate of drug-likeness (QED) is 0.447. The Morgan fingerprint density at radius 3 is 2.48 bits per heavy atom. The Bertz CT molecular complexity index is 1010. The molecule has 1 aromatic heterocycles. The van der Waals surface area contributed by atoms with Crippen molar-refractivity contribution in [3.05, 3.63) is 59.4 Å². The molecule has 1 aliphatic carbocycles. The number of ketones is 1. The predicted molar refractivity (Wildman–Crippen MR) is 115 cm³/mol. The molecule has 31 heavy (non-hydrogen) atoms. The lowest BCUT2D eigenvalue weighted by Crippen LogP contribution is -2.40. The monoisotopic (exact) mass is 422 g/mol. The summed E-state index contributed by atoms with van der Waals surface area (Å²) in [5.41, 5.74) is 0.921. The summed E-state index contributed by atoms with van der Waals surface area (Å²) in [5, 5.41) is 11.3. The van der Waals surface area contributed by atoms with Crippen LogP contribution < -0.4 is 9.47 Å². The lowest BCUT2D eigenvalue weighted by molar-refractivity contribution is -0.141. The van der Waals surface area contributed by atoms with Crippen molar-refractivity contribution in [2.45, 2.75) is 44.2 Å². The summed E-state index contributed by atoms with van der Waals surface area (Å²) in [6.45, 7) is 0. The van der Waals surface area contributed by atoms with Crippen LogP contribution in [-0.4, -0.2) is 46.9 Å². The molecule has 0 spiro atoms. The number of nitrogens with zero attached hydrogens (tertiary/aromatic N) is 2. The summed E-state index contributed by atoms with van der Waals surface area (Å²) in [4.78, 5) is 32.4. The summed E-state index contributed by atoms with van der Waals surface area (Å²) >= 11 is 0. The lowest BCUT2D eigenvalue weighted by Gasteiger charge is -2.35. The summed E-state index contributed by atoms with van der Waals surface area (Å²) < 4.78 is 10.6. The van der Waals surface area contributed by atoms with E-state index in [1.807, 2.05) is 6.07 Å². The van der Waals surface area contributed by atoms with Crippen LogP contribution in [0.3, 0.4) is 0 Å². The number of carbonyl (C=O) groups is 2. The van der Waals surface area contributed by atoms with E-state index in [1.165, 1.54) is 14.2 Å². The largest absolute Gasteiger partial charge is 0.507 e. The second-order valence-electron chi connectivity index (χ2n) is 7.82.